The third-order valence-corrected chi connectivity index (χ3v) is 2.08. The van der Waals surface area contributed by atoms with Crippen LogP contribution < -0.4 is 11.1 Å². The summed E-state index contributed by atoms with van der Waals surface area (Å²) in [5, 5.41) is 6.35. The van der Waals surface area contributed by atoms with Crippen LogP contribution in [0.3, 0.4) is 0 Å². The van der Waals surface area contributed by atoms with E-state index in [0.29, 0.717) is 19.5 Å². The largest absolute Gasteiger partial charge is 0.368 e. The quantitative estimate of drug-likeness (QED) is 0.275. The van der Waals surface area contributed by atoms with E-state index in [1.54, 1.807) is 6.92 Å². The van der Waals surface area contributed by atoms with Crippen molar-refractivity contribution in [3.05, 3.63) is 10.4 Å². The van der Waals surface area contributed by atoms with Crippen LogP contribution in [0.5, 0.6) is 0 Å². The van der Waals surface area contributed by atoms with Crippen LogP contribution >= 0.6 is 0 Å². The fourth-order valence-corrected chi connectivity index (χ4v) is 1.23. The summed E-state index contributed by atoms with van der Waals surface area (Å²) in [7, 11) is 0. The SMILES string of the molecule is CCCC(C)(NCCN=[N+]=[N-])C(N)=O. The molecule has 80 valence electrons. The Balaban J connectivity index is 4.09. The maximum Gasteiger partial charge on any atom is 0.237 e. The molecule has 0 saturated carbocycles. The lowest BCUT2D eigenvalue weighted by molar-refractivity contribution is -0.124. The molecule has 0 heterocycles. The van der Waals surface area contributed by atoms with Crippen molar-refractivity contribution < 1.29 is 4.79 Å². The van der Waals surface area contributed by atoms with Gasteiger partial charge in [0.15, 0.2) is 0 Å². The second-order valence-electron chi connectivity index (χ2n) is 3.33. The number of amides is 1. The molecule has 0 aliphatic heterocycles. The Hall–Kier alpha value is -1.26. The highest BCUT2D eigenvalue weighted by Crippen LogP contribution is 2.10. The molecule has 0 aromatic rings. The minimum atomic E-state index is -0.695. The van der Waals surface area contributed by atoms with E-state index in [0.717, 1.165) is 6.42 Å². The van der Waals surface area contributed by atoms with Gasteiger partial charge < -0.3 is 11.1 Å². The van der Waals surface area contributed by atoms with Crippen molar-refractivity contribution in [3.8, 4) is 0 Å². The molecule has 6 heteroatoms. The highest BCUT2D eigenvalue weighted by atomic mass is 16.1. The second-order valence-corrected chi connectivity index (χ2v) is 3.33. The number of azide groups is 1. The standard InChI is InChI=1S/C8H17N5O/c1-3-4-8(2,7(9)14)11-5-6-12-13-10/h11H,3-6H2,1-2H3,(H2,9,14). The molecular weight excluding hydrogens is 182 g/mol. The van der Waals surface area contributed by atoms with Crippen LogP contribution in [-0.2, 0) is 4.79 Å². The molecule has 1 atom stereocenters. The van der Waals surface area contributed by atoms with Crippen molar-refractivity contribution in [1.29, 1.82) is 0 Å². The number of nitrogens with one attached hydrogen (secondary N) is 1. The zero-order valence-corrected chi connectivity index (χ0v) is 8.66. The number of nitrogens with zero attached hydrogens (tertiary/aromatic N) is 3. The Morgan fingerprint density at radius 2 is 2.36 bits per heavy atom. The van der Waals surface area contributed by atoms with Crippen LogP contribution in [0.4, 0.5) is 0 Å². The molecule has 3 N–H and O–H groups in total. The summed E-state index contributed by atoms with van der Waals surface area (Å²) in [6.45, 7) is 4.53. The molecule has 0 saturated heterocycles. The minimum absolute atomic E-state index is 0.323. The zero-order valence-electron chi connectivity index (χ0n) is 8.66. The monoisotopic (exact) mass is 199 g/mol. The number of rotatable bonds is 7. The third-order valence-electron chi connectivity index (χ3n) is 2.08. The molecule has 0 fully saturated rings. The van der Waals surface area contributed by atoms with Crippen molar-refractivity contribution in [2.75, 3.05) is 13.1 Å². The van der Waals surface area contributed by atoms with Crippen LogP contribution in [0.2, 0.25) is 0 Å². The molecule has 14 heavy (non-hydrogen) atoms. The summed E-state index contributed by atoms with van der Waals surface area (Å²) in [4.78, 5) is 13.7. The van der Waals surface area contributed by atoms with Gasteiger partial charge >= 0.3 is 0 Å². The molecule has 6 nitrogen and oxygen atoms in total. The highest BCUT2D eigenvalue weighted by Gasteiger charge is 2.28. The zero-order chi connectivity index (χ0) is 11.0. The lowest BCUT2D eigenvalue weighted by atomic mass is 9.95. The van der Waals surface area contributed by atoms with Gasteiger partial charge in [0.05, 0.1) is 5.54 Å². The van der Waals surface area contributed by atoms with Gasteiger partial charge in [-0.2, -0.15) is 0 Å². The molecular formula is C8H17N5O. The Kier molecular flexibility index (Phi) is 5.67. The molecule has 0 aliphatic rings. The van der Waals surface area contributed by atoms with Crippen LogP contribution in [0.25, 0.3) is 10.4 Å². The number of primary amides is 1. The van der Waals surface area contributed by atoms with Gasteiger partial charge in [-0.25, -0.2) is 0 Å². The van der Waals surface area contributed by atoms with Crippen LogP contribution in [0.15, 0.2) is 5.11 Å². The first-order valence-electron chi connectivity index (χ1n) is 4.62. The Labute approximate surface area is 83.5 Å². The fraction of sp³-hybridized carbons (Fsp3) is 0.875. The van der Waals surface area contributed by atoms with Gasteiger partial charge in [0, 0.05) is 18.0 Å². The average molecular weight is 199 g/mol. The summed E-state index contributed by atoms with van der Waals surface area (Å²) >= 11 is 0. The molecule has 0 aromatic carbocycles. The van der Waals surface area contributed by atoms with Crippen LogP contribution in [0.1, 0.15) is 26.7 Å². The van der Waals surface area contributed by atoms with Crippen molar-refractivity contribution in [1.82, 2.24) is 5.32 Å². The molecule has 0 radical (unpaired) electrons. The molecule has 0 bridgehead atoms. The maximum atomic E-state index is 11.1. The van der Waals surface area contributed by atoms with Gasteiger partial charge in [0.25, 0.3) is 0 Å². The van der Waals surface area contributed by atoms with Gasteiger partial charge in [-0.1, -0.05) is 18.5 Å². The minimum Gasteiger partial charge on any atom is -0.368 e. The molecule has 0 rings (SSSR count). The summed E-state index contributed by atoms with van der Waals surface area (Å²) in [5.74, 6) is -0.375. The predicted octanol–water partition coefficient (Wildman–Crippen LogP) is 0.930. The lowest BCUT2D eigenvalue weighted by Gasteiger charge is -2.26. The first kappa shape index (κ1) is 12.7. The number of hydrogen-bond donors (Lipinski definition) is 2. The normalized spacial score (nSPS) is 14.1. The average Bonchev–Trinajstić information content (AvgIpc) is 2.13. The molecule has 0 aliphatic carbocycles. The Bertz CT molecular complexity index is 236. The van der Waals surface area contributed by atoms with Crippen LogP contribution in [0, 0.1) is 0 Å². The topological polar surface area (TPSA) is 104 Å². The predicted molar refractivity (Wildman–Crippen MR) is 54.5 cm³/mol. The third kappa shape index (κ3) is 4.11. The van der Waals surface area contributed by atoms with Crippen molar-refractivity contribution in [2.24, 2.45) is 10.8 Å². The number of nitrogens with two attached hydrogens (primary N) is 1. The van der Waals surface area contributed by atoms with E-state index in [9.17, 15) is 4.79 Å². The van der Waals surface area contributed by atoms with E-state index >= 15 is 0 Å². The number of hydrogen-bond acceptors (Lipinski definition) is 3. The highest BCUT2D eigenvalue weighted by molar-refractivity contribution is 5.84. The number of carbonyl (C=O) groups excluding carboxylic acids is 1. The van der Waals surface area contributed by atoms with E-state index in [2.05, 4.69) is 15.3 Å². The van der Waals surface area contributed by atoms with Crippen LogP contribution in [-0.4, -0.2) is 24.5 Å². The van der Waals surface area contributed by atoms with E-state index in [-0.39, 0.29) is 5.91 Å². The van der Waals surface area contributed by atoms with Crippen molar-refractivity contribution in [3.63, 3.8) is 0 Å². The second kappa shape index (κ2) is 6.23. The molecule has 1 amide bonds. The first-order valence-corrected chi connectivity index (χ1v) is 4.62. The Morgan fingerprint density at radius 1 is 1.71 bits per heavy atom. The van der Waals surface area contributed by atoms with Gasteiger partial charge in [-0.3, -0.25) is 4.79 Å². The molecule has 1 unspecified atom stereocenters. The van der Waals surface area contributed by atoms with Gasteiger partial charge in [0.2, 0.25) is 5.91 Å². The van der Waals surface area contributed by atoms with E-state index < -0.39 is 5.54 Å². The Morgan fingerprint density at radius 3 is 2.79 bits per heavy atom. The first-order chi connectivity index (χ1) is 6.56. The maximum absolute atomic E-state index is 11.1. The smallest absolute Gasteiger partial charge is 0.237 e. The lowest BCUT2D eigenvalue weighted by Crippen LogP contribution is -2.53. The fourth-order valence-electron chi connectivity index (χ4n) is 1.23. The van der Waals surface area contributed by atoms with E-state index in [1.165, 1.54) is 0 Å². The van der Waals surface area contributed by atoms with Crippen molar-refractivity contribution in [2.45, 2.75) is 32.2 Å². The van der Waals surface area contributed by atoms with E-state index in [1.807, 2.05) is 6.92 Å². The summed E-state index contributed by atoms with van der Waals surface area (Å²) in [5.41, 5.74) is 12.6. The van der Waals surface area contributed by atoms with Gasteiger partial charge in [-0.05, 0) is 18.9 Å². The molecule has 0 aromatic heterocycles. The van der Waals surface area contributed by atoms with Gasteiger partial charge in [-0.15, -0.1) is 0 Å². The van der Waals surface area contributed by atoms with Gasteiger partial charge in [0.1, 0.15) is 0 Å². The summed E-state index contributed by atoms with van der Waals surface area (Å²) in [6, 6.07) is 0. The summed E-state index contributed by atoms with van der Waals surface area (Å²) in [6.07, 6.45) is 1.55. The number of carbonyl (C=O) groups is 1. The van der Waals surface area contributed by atoms with Crippen molar-refractivity contribution >= 4 is 5.91 Å². The summed E-state index contributed by atoms with van der Waals surface area (Å²) < 4.78 is 0. The molecule has 0 spiro atoms. The van der Waals surface area contributed by atoms with E-state index in [4.69, 9.17) is 11.3 Å².